The van der Waals surface area contributed by atoms with Gasteiger partial charge in [-0.3, -0.25) is 9.36 Å². The lowest BCUT2D eigenvalue weighted by Gasteiger charge is -2.34. The monoisotopic (exact) mass is 486 g/mol. The molecule has 0 atom stereocenters. The Morgan fingerprint density at radius 2 is 1.65 bits per heavy atom. The standard InChI is InChI=1S/C23H23FN4O5S/c24-17-2-4-18(5-3-17)28-16-25-15-20(28)23(29)26-8-10-27(11-9-26)34(30,31)19-6-7-21-22(14-19)33-13-1-12-32-21/h2-7,14-16H,1,8-13H2. The number of carbonyl (C=O) groups is 1. The van der Waals surface area contributed by atoms with Crippen molar-refractivity contribution in [1.29, 1.82) is 0 Å². The number of sulfonamides is 1. The van der Waals surface area contributed by atoms with Crippen LogP contribution >= 0.6 is 0 Å². The highest BCUT2D eigenvalue weighted by molar-refractivity contribution is 7.89. The molecule has 2 aliphatic rings. The first-order valence-electron chi connectivity index (χ1n) is 10.9. The van der Waals surface area contributed by atoms with Crippen LogP contribution in [-0.4, -0.2) is 72.5 Å². The van der Waals surface area contributed by atoms with Gasteiger partial charge in [0.25, 0.3) is 5.91 Å². The summed E-state index contributed by atoms with van der Waals surface area (Å²) in [5.74, 6) is 0.308. The van der Waals surface area contributed by atoms with Gasteiger partial charge in [0.05, 0.1) is 30.6 Å². The fourth-order valence-corrected chi connectivity index (χ4v) is 5.45. The predicted octanol–water partition coefficient (Wildman–Crippen LogP) is 2.32. The molecule has 0 bridgehead atoms. The zero-order chi connectivity index (χ0) is 23.7. The van der Waals surface area contributed by atoms with Crippen LogP contribution in [0.2, 0.25) is 0 Å². The Morgan fingerprint density at radius 1 is 0.941 bits per heavy atom. The Morgan fingerprint density at radius 3 is 2.38 bits per heavy atom. The second-order valence-electron chi connectivity index (χ2n) is 7.98. The van der Waals surface area contributed by atoms with Crippen LogP contribution in [0.5, 0.6) is 11.5 Å². The molecule has 0 spiro atoms. The molecule has 1 fully saturated rings. The molecule has 1 aromatic heterocycles. The molecule has 5 rings (SSSR count). The predicted molar refractivity (Wildman–Crippen MR) is 120 cm³/mol. The Balaban J connectivity index is 1.29. The first-order chi connectivity index (χ1) is 16.4. The van der Waals surface area contributed by atoms with Gasteiger partial charge in [-0.25, -0.2) is 17.8 Å². The summed E-state index contributed by atoms with van der Waals surface area (Å²) in [5.41, 5.74) is 0.934. The van der Waals surface area contributed by atoms with E-state index < -0.39 is 10.0 Å². The van der Waals surface area contributed by atoms with Crippen molar-refractivity contribution < 1.29 is 27.1 Å². The Kier molecular flexibility index (Phi) is 5.96. The van der Waals surface area contributed by atoms with E-state index in [1.165, 1.54) is 41.1 Å². The SMILES string of the molecule is O=C(c1cncn1-c1ccc(F)cc1)N1CCN(S(=O)(=O)c2ccc3c(c2)OCCCO3)CC1. The molecular weight excluding hydrogens is 463 g/mol. The van der Waals surface area contributed by atoms with E-state index in [-0.39, 0.29) is 42.8 Å². The van der Waals surface area contributed by atoms with Gasteiger partial charge in [-0.05, 0) is 36.4 Å². The van der Waals surface area contributed by atoms with Crippen molar-refractivity contribution in [2.45, 2.75) is 11.3 Å². The summed E-state index contributed by atoms with van der Waals surface area (Å²) in [7, 11) is -3.76. The number of hydrogen-bond acceptors (Lipinski definition) is 6. The van der Waals surface area contributed by atoms with Crippen molar-refractivity contribution in [3.05, 3.63) is 66.5 Å². The highest BCUT2D eigenvalue weighted by atomic mass is 32.2. The van der Waals surface area contributed by atoms with E-state index >= 15 is 0 Å². The molecular formula is C23H23FN4O5S. The van der Waals surface area contributed by atoms with Gasteiger partial charge < -0.3 is 14.4 Å². The normalized spacial score (nSPS) is 16.8. The van der Waals surface area contributed by atoms with Gasteiger partial charge in [-0.1, -0.05) is 0 Å². The fraction of sp³-hybridized carbons (Fsp3) is 0.304. The molecule has 178 valence electrons. The van der Waals surface area contributed by atoms with E-state index in [1.807, 2.05) is 0 Å². The van der Waals surface area contributed by atoms with Crippen LogP contribution in [-0.2, 0) is 10.0 Å². The van der Waals surface area contributed by atoms with Gasteiger partial charge in [0, 0.05) is 44.4 Å². The van der Waals surface area contributed by atoms with Crippen molar-refractivity contribution >= 4 is 15.9 Å². The summed E-state index contributed by atoms with van der Waals surface area (Å²) in [5, 5.41) is 0. The minimum absolute atomic E-state index is 0.130. The van der Waals surface area contributed by atoms with Crippen LogP contribution in [0.1, 0.15) is 16.9 Å². The van der Waals surface area contributed by atoms with E-state index in [9.17, 15) is 17.6 Å². The number of fused-ring (bicyclic) bond motifs is 1. The zero-order valence-electron chi connectivity index (χ0n) is 18.3. The maximum absolute atomic E-state index is 13.3. The molecule has 1 saturated heterocycles. The van der Waals surface area contributed by atoms with E-state index in [4.69, 9.17) is 9.47 Å². The maximum atomic E-state index is 13.3. The topological polar surface area (TPSA) is 94.0 Å². The minimum Gasteiger partial charge on any atom is -0.490 e. The lowest BCUT2D eigenvalue weighted by atomic mass is 10.2. The molecule has 0 unspecified atom stereocenters. The van der Waals surface area contributed by atoms with Gasteiger partial charge in [0.2, 0.25) is 10.0 Å². The first kappa shape index (κ1) is 22.4. The van der Waals surface area contributed by atoms with Crippen molar-refractivity contribution in [1.82, 2.24) is 18.8 Å². The highest BCUT2D eigenvalue weighted by Gasteiger charge is 2.32. The van der Waals surface area contributed by atoms with Crippen LogP contribution in [0.15, 0.2) is 59.9 Å². The molecule has 34 heavy (non-hydrogen) atoms. The molecule has 3 heterocycles. The summed E-state index contributed by atoms with van der Waals surface area (Å²) < 4.78 is 53.9. The molecule has 3 aromatic rings. The fourth-order valence-electron chi connectivity index (χ4n) is 4.01. The average Bonchev–Trinajstić information content (AvgIpc) is 3.22. The van der Waals surface area contributed by atoms with E-state index in [0.29, 0.717) is 36.1 Å². The Bertz CT molecular complexity index is 1300. The Hall–Kier alpha value is -3.44. The summed E-state index contributed by atoms with van der Waals surface area (Å²) >= 11 is 0. The molecule has 0 radical (unpaired) electrons. The van der Waals surface area contributed by atoms with Crippen molar-refractivity contribution in [2.75, 3.05) is 39.4 Å². The van der Waals surface area contributed by atoms with Gasteiger partial charge in [0.15, 0.2) is 11.5 Å². The number of ether oxygens (including phenoxy) is 2. The Labute approximate surface area is 196 Å². The summed E-state index contributed by atoms with van der Waals surface area (Å²) in [6, 6.07) is 10.4. The first-order valence-corrected chi connectivity index (χ1v) is 12.3. The zero-order valence-corrected chi connectivity index (χ0v) is 19.1. The lowest BCUT2D eigenvalue weighted by molar-refractivity contribution is 0.0690. The number of nitrogens with zero attached hydrogens (tertiary/aromatic N) is 4. The summed E-state index contributed by atoms with van der Waals surface area (Å²) in [6.07, 6.45) is 3.67. The number of amides is 1. The van der Waals surface area contributed by atoms with E-state index in [2.05, 4.69) is 4.98 Å². The van der Waals surface area contributed by atoms with Crippen molar-refractivity contribution in [3.63, 3.8) is 0 Å². The number of piperazine rings is 1. The van der Waals surface area contributed by atoms with Gasteiger partial charge >= 0.3 is 0 Å². The molecule has 0 N–H and O–H groups in total. The molecule has 11 heteroatoms. The van der Waals surface area contributed by atoms with Crippen LogP contribution in [0.3, 0.4) is 0 Å². The molecule has 2 aromatic carbocycles. The van der Waals surface area contributed by atoms with Gasteiger partial charge in [-0.2, -0.15) is 4.31 Å². The maximum Gasteiger partial charge on any atom is 0.272 e. The average molecular weight is 487 g/mol. The van der Waals surface area contributed by atoms with Crippen LogP contribution < -0.4 is 9.47 Å². The van der Waals surface area contributed by atoms with Crippen LogP contribution in [0, 0.1) is 5.82 Å². The van der Waals surface area contributed by atoms with E-state index in [1.54, 1.807) is 27.7 Å². The minimum atomic E-state index is -3.76. The third-order valence-corrected chi connectivity index (χ3v) is 7.74. The number of carbonyl (C=O) groups excluding carboxylic acids is 1. The molecule has 2 aliphatic heterocycles. The number of hydrogen-bond donors (Lipinski definition) is 0. The van der Waals surface area contributed by atoms with Crippen LogP contribution in [0.4, 0.5) is 4.39 Å². The third kappa shape index (κ3) is 4.24. The smallest absolute Gasteiger partial charge is 0.272 e. The third-order valence-electron chi connectivity index (χ3n) is 5.85. The number of halogens is 1. The van der Waals surface area contributed by atoms with Crippen molar-refractivity contribution in [3.8, 4) is 17.2 Å². The highest BCUT2D eigenvalue weighted by Crippen LogP contribution is 2.33. The molecule has 0 aliphatic carbocycles. The largest absolute Gasteiger partial charge is 0.490 e. The molecule has 1 amide bonds. The lowest BCUT2D eigenvalue weighted by Crippen LogP contribution is -2.50. The second-order valence-corrected chi connectivity index (χ2v) is 9.92. The second kappa shape index (κ2) is 9.07. The van der Waals surface area contributed by atoms with Crippen molar-refractivity contribution in [2.24, 2.45) is 0 Å². The van der Waals surface area contributed by atoms with Gasteiger partial charge in [0.1, 0.15) is 11.5 Å². The molecule has 0 saturated carbocycles. The number of aromatic nitrogens is 2. The molecule has 9 nitrogen and oxygen atoms in total. The number of benzene rings is 2. The number of imidazole rings is 1. The summed E-state index contributed by atoms with van der Waals surface area (Å²) in [6.45, 7) is 1.77. The van der Waals surface area contributed by atoms with E-state index in [0.717, 1.165) is 6.42 Å². The van der Waals surface area contributed by atoms with Crippen LogP contribution in [0.25, 0.3) is 5.69 Å². The quantitative estimate of drug-likeness (QED) is 0.562. The summed E-state index contributed by atoms with van der Waals surface area (Å²) in [4.78, 5) is 18.9. The number of rotatable bonds is 4. The van der Waals surface area contributed by atoms with Gasteiger partial charge in [-0.15, -0.1) is 0 Å².